The van der Waals surface area contributed by atoms with E-state index < -0.39 is 147 Å². The highest BCUT2D eigenvalue weighted by Crippen LogP contribution is 2.38. The van der Waals surface area contributed by atoms with Gasteiger partial charge in [0.2, 0.25) is 5.91 Å². The fraction of sp³-hybridized carbons (Fsp3) is 0.667. The molecule has 3 aliphatic heterocycles. The summed E-state index contributed by atoms with van der Waals surface area (Å²) in [7, 11) is 0. The molecule has 380 valence electrons. The van der Waals surface area contributed by atoms with E-state index in [9.17, 15) is 65.8 Å². The third-order valence-electron chi connectivity index (χ3n) is 11.7. The molecule has 67 heavy (non-hydrogen) atoms. The van der Waals surface area contributed by atoms with Crippen LogP contribution < -0.4 is 11.1 Å². The zero-order valence-corrected chi connectivity index (χ0v) is 38.6. The van der Waals surface area contributed by atoms with Crippen LogP contribution in [0.25, 0.3) is 0 Å². The molecular weight excluding hydrogens is 877 g/mol. The Morgan fingerprint density at radius 3 is 1.96 bits per heavy atom. The number of nitrogens with one attached hydrogen (secondary N) is 1. The number of carbonyl (C=O) groups excluding carboxylic acids is 2. The number of fused-ring (bicyclic) bond motifs is 2. The second kappa shape index (κ2) is 29.5. The van der Waals surface area contributed by atoms with Crippen LogP contribution in [0.15, 0.2) is 85.1 Å². The summed E-state index contributed by atoms with van der Waals surface area (Å²) in [5.41, 5.74) is 5.99. The molecule has 0 saturated carbocycles. The van der Waals surface area contributed by atoms with E-state index in [0.717, 1.165) is 0 Å². The molecule has 3 rings (SSSR count). The van der Waals surface area contributed by atoms with E-state index >= 15 is 0 Å². The van der Waals surface area contributed by atoms with Gasteiger partial charge in [0.05, 0.1) is 92.6 Å². The Kier molecular flexibility index (Phi) is 25.5. The lowest BCUT2D eigenvalue weighted by molar-refractivity contribution is -0.304. The lowest BCUT2D eigenvalue weighted by Crippen LogP contribution is -2.60. The van der Waals surface area contributed by atoms with Crippen LogP contribution in [0.5, 0.6) is 0 Å². The molecule has 2 fully saturated rings. The number of hydrogen-bond acceptors (Lipinski definition) is 18. The van der Waals surface area contributed by atoms with Crippen molar-refractivity contribution in [3.05, 3.63) is 85.1 Å². The number of esters is 1. The van der Waals surface area contributed by atoms with Gasteiger partial charge in [-0.05, 0) is 33.1 Å². The molecule has 14 N–H and O–H groups in total. The van der Waals surface area contributed by atoms with E-state index in [2.05, 4.69) is 5.32 Å². The molecular formula is C48H76N2O17. The molecule has 7 unspecified atom stereocenters. The maximum absolute atomic E-state index is 13.6. The molecule has 0 aromatic carbocycles. The normalized spacial score (nSPS) is 42.7. The van der Waals surface area contributed by atoms with Crippen LogP contribution in [-0.4, -0.2) is 179 Å². The summed E-state index contributed by atoms with van der Waals surface area (Å²) in [6, 6.07) is -1.85. The molecule has 0 radical (unpaired) electrons. The van der Waals surface area contributed by atoms with Crippen molar-refractivity contribution in [2.24, 2.45) is 17.6 Å². The number of carbonyl (C=O) groups is 2. The zero-order valence-electron chi connectivity index (χ0n) is 38.6. The lowest BCUT2D eigenvalue weighted by atomic mass is 9.82. The topological polar surface area (TPSA) is 332 Å². The van der Waals surface area contributed by atoms with Crippen molar-refractivity contribution < 1.29 is 84.7 Å². The van der Waals surface area contributed by atoms with E-state index in [1.165, 1.54) is 6.92 Å². The molecule has 18 atom stereocenters. The first kappa shape index (κ1) is 57.8. The van der Waals surface area contributed by atoms with Gasteiger partial charge in [0.25, 0.3) is 0 Å². The molecule has 1 amide bonds. The quantitative estimate of drug-likeness (QED) is 0.154. The number of cyclic esters (lactones) is 1. The summed E-state index contributed by atoms with van der Waals surface area (Å²) < 4.78 is 23.2. The van der Waals surface area contributed by atoms with Gasteiger partial charge in [-0.1, -0.05) is 92.0 Å². The van der Waals surface area contributed by atoms with Crippen molar-refractivity contribution in [2.45, 2.75) is 176 Å². The van der Waals surface area contributed by atoms with Crippen LogP contribution in [-0.2, 0) is 28.5 Å². The molecule has 3 heterocycles. The van der Waals surface area contributed by atoms with Crippen molar-refractivity contribution in [2.75, 3.05) is 13.2 Å². The Bertz CT molecular complexity index is 1690. The van der Waals surface area contributed by atoms with Gasteiger partial charge < -0.3 is 86.2 Å². The first-order valence-corrected chi connectivity index (χ1v) is 23.1. The van der Waals surface area contributed by atoms with E-state index in [4.69, 9.17) is 24.7 Å². The number of aliphatic hydroxyl groups excluding tert-OH is 10. The summed E-state index contributed by atoms with van der Waals surface area (Å²) in [5, 5.41) is 121. The number of rotatable bonds is 5. The Balaban J connectivity index is 1.90. The average molecular weight is 953 g/mol. The van der Waals surface area contributed by atoms with Crippen molar-refractivity contribution >= 4 is 11.9 Å². The first-order valence-electron chi connectivity index (χ1n) is 23.1. The molecule has 19 nitrogen and oxygen atoms in total. The molecule has 0 aromatic rings. The van der Waals surface area contributed by atoms with Gasteiger partial charge >= 0.3 is 5.97 Å². The van der Waals surface area contributed by atoms with E-state index in [1.807, 2.05) is 25.2 Å². The Hall–Kier alpha value is -3.48. The monoisotopic (exact) mass is 953 g/mol. The van der Waals surface area contributed by atoms with Crippen LogP contribution in [0.2, 0.25) is 0 Å². The van der Waals surface area contributed by atoms with E-state index in [0.29, 0.717) is 0 Å². The van der Waals surface area contributed by atoms with Crippen molar-refractivity contribution in [1.29, 1.82) is 0 Å². The van der Waals surface area contributed by atoms with Gasteiger partial charge in [0.1, 0.15) is 12.2 Å². The second-order valence-corrected chi connectivity index (χ2v) is 17.9. The lowest BCUT2D eigenvalue weighted by Gasteiger charge is -2.46. The van der Waals surface area contributed by atoms with Crippen LogP contribution in [0, 0.1) is 11.8 Å². The van der Waals surface area contributed by atoms with Gasteiger partial charge in [-0.2, -0.15) is 0 Å². The van der Waals surface area contributed by atoms with Gasteiger partial charge in [0.15, 0.2) is 12.1 Å². The van der Waals surface area contributed by atoms with Crippen LogP contribution in [0.1, 0.15) is 78.6 Å². The average Bonchev–Trinajstić information content (AvgIpc) is 3.24. The largest absolute Gasteiger partial charge is 0.462 e. The summed E-state index contributed by atoms with van der Waals surface area (Å²) in [5.74, 6) is -5.36. The third kappa shape index (κ3) is 21.0. The number of allylic oxidation sites excluding steroid dienone is 12. The number of hydrogen-bond donors (Lipinski definition) is 13. The minimum absolute atomic E-state index is 0.101. The Morgan fingerprint density at radius 1 is 0.746 bits per heavy atom. The van der Waals surface area contributed by atoms with Crippen LogP contribution in [0.4, 0.5) is 0 Å². The fourth-order valence-corrected chi connectivity index (χ4v) is 7.89. The molecule has 19 heteroatoms. The summed E-state index contributed by atoms with van der Waals surface area (Å²) >= 11 is 0. The number of aliphatic hydroxyl groups is 11. The Labute approximate surface area is 392 Å². The Morgan fingerprint density at radius 2 is 1.34 bits per heavy atom. The van der Waals surface area contributed by atoms with Crippen molar-refractivity contribution in [1.82, 2.24) is 5.32 Å². The van der Waals surface area contributed by atoms with Gasteiger partial charge in [-0.3, -0.25) is 9.59 Å². The van der Waals surface area contributed by atoms with E-state index in [-0.39, 0.29) is 44.6 Å². The molecule has 0 aliphatic carbocycles. The predicted molar refractivity (Wildman–Crippen MR) is 245 cm³/mol. The first-order chi connectivity index (χ1) is 31.7. The summed E-state index contributed by atoms with van der Waals surface area (Å²) in [4.78, 5) is 26.1. The second-order valence-electron chi connectivity index (χ2n) is 17.9. The smallest absolute Gasteiger partial charge is 0.308 e. The van der Waals surface area contributed by atoms with Gasteiger partial charge in [-0.15, -0.1) is 0 Å². The molecule has 0 spiro atoms. The maximum Gasteiger partial charge on any atom is 0.308 e. The van der Waals surface area contributed by atoms with Gasteiger partial charge in [0, 0.05) is 44.1 Å². The van der Waals surface area contributed by atoms with Crippen LogP contribution in [0.3, 0.4) is 0 Å². The highest BCUT2D eigenvalue weighted by molar-refractivity contribution is 5.80. The molecule has 3 aliphatic rings. The van der Waals surface area contributed by atoms with E-state index in [1.54, 1.807) is 73.8 Å². The third-order valence-corrected chi connectivity index (χ3v) is 11.7. The molecule has 2 bridgehead atoms. The van der Waals surface area contributed by atoms with Crippen molar-refractivity contribution in [3.63, 3.8) is 0 Å². The molecule has 0 aromatic heterocycles. The minimum atomic E-state index is -2.30. The number of amides is 1. The standard InChI is InChI=1S/C48H76N2O17/c1-29-16-14-12-10-8-6-4-5-7-9-11-13-15-17-35(66-47-45(61)44(49)40(59)28-64-47)24-41-43(46(62)50-30(2)27-51)39(58)26-48(63,67-41)25-34(54)22-38(57)36(55)19-18-32(52)21-33(53)23-42(60)65-31(3)20-37(29)56/h4-17,29-41,43-45,47,51-59,61,63H,18-28,49H2,1-3H3,(H,50,62)/b5-4+,8-6+,9-7+,12-10+,13-11+,16-14+,17-15+/t29-,30?,31-,32?,33?,34?,35?,36+,37-,38?,39-,40+,41-,43+,44-,45-,47-,48?/m0/s1. The number of ether oxygens (including phenoxy) is 4. The number of nitrogens with two attached hydrogens (primary N) is 1. The zero-order chi connectivity index (χ0) is 49.7. The summed E-state index contributed by atoms with van der Waals surface area (Å²) in [6.07, 6.45) is 5.25. The molecule has 2 saturated heterocycles. The summed E-state index contributed by atoms with van der Waals surface area (Å²) in [6.45, 7) is 4.30. The van der Waals surface area contributed by atoms with Crippen molar-refractivity contribution in [3.8, 4) is 0 Å². The highest BCUT2D eigenvalue weighted by Gasteiger charge is 2.50. The predicted octanol–water partition coefficient (Wildman–Crippen LogP) is -0.510. The SMILES string of the molecule is CC(CO)NC(=O)[C@H]1[C@@H]2CC(O[C@@H]3OC[C@@H](O)[C@H](N)[C@@H]3O)/C=C/C=C/C=C/C=C/C=C/C=C/C=C/[C@H](C)[C@@H](O)C[C@H](C)OC(=O)CC(O)CC(O)CC[C@@H](O)C(O)CC(O)CC(O)(C[C@@H]1O)O2. The highest BCUT2D eigenvalue weighted by atomic mass is 16.7. The fourth-order valence-electron chi connectivity index (χ4n) is 7.89. The minimum Gasteiger partial charge on any atom is -0.462 e. The maximum atomic E-state index is 13.6. The van der Waals surface area contributed by atoms with Gasteiger partial charge in [-0.25, -0.2) is 0 Å². The van der Waals surface area contributed by atoms with Crippen LogP contribution >= 0.6 is 0 Å².